The van der Waals surface area contributed by atoms with Crippen molar-refractivity contribution in [1.82, 2.24) is 5.32 Å². The fourth-order valence-electron chi connectivity index (χ4n) is 3.65. The Morgan fingerprint density at radius 3 is 2.06 bits per heavy atom. The van der Waals surface area contributed by atoms with Crippen LogP contribution in [-0.2, 0) is 19.1 Å². The molecule has 2 N–H and O–H groups in total. The van der Waals surface area contributed by atoms with Gasteiger partial charge in [0, 0.05) is 11.4 Å². The molecule has 9 nitrogen and oxygen atoms in total. The summed E-state index contributed by atoms with van der Waals surface area (Å²) < 4.78 is 4.76. The molecule has 4 amide bonds. The lowest BCUT2D eigenvalue weighted by Gasteiger charge is -2.25. The van der Waals surface area contributed by atoms with Crippen LogP contribution in [0.25, 0.3) is 0 Å². The minimum atomic E-state index is -1.60. The number of rotatable bonds is 5. The predicted octanol–water partition coefficient (Wildman–Crippen LogP) is 3.06. The molecule has 0 saturated carbocycles. The number of esters is 1. The van der Waals surface area contributed by atoms with Gasteiger partial charge in [0.05, 0.1) is 18.5 Å². The smallest absolute Gasteiger partial charge is 0.325 e. The number of amides is 4. The zero-order chi connectivity index (χ0) is 24.1. The molecule has 4 rings (SSSR count). The zero-order valence-corrected chi connectivity index (χ0v) is 18.3. The second-order valence-corrected chi connectivity index (χ2v) is 7.40. The second-order valence-electron chi connectivity index (χ2n) is 7.40. The lowest BCUT2D eigenvalue weighted by molar-refractivity contribution is -0.140. The van der Waals surface area contributed by atoms with E-state index < -0.39 is 36.4 Å². The summed E-state index contributed by atoms with van der Waals surface area (Å²) in [6.07, 6.45) is 0. The molecule has 3 aromatic rings. The summed E-state index contributed by atoms with van der Waals surface area (Å²) >= 11 is 0. The van der Waals surface area contributed by atoms with Crippen LogP contribution in [-0.4, -0.2) is 43.5 Å². The number of nitrogens with zero attached hydrogens (tertiary/aromatic N) is 2. The van der Waals surface area contributed by atoms with Crippen LogP contribution in [0.2, 0.25) is 0 Å². The van der Waals surface area contributed by atoms with Crippen molar-refractivity contribution in [3.05, 3.63) is 84.9 Å². The average Bonchev–Trinajstić information content (AvgIpc) is 2.94. The lowest BCUT2D eigenvalue weighted by atomic mass is 10.2. The van der Waals surface area contributed by atoms with Gasteiger partial charge in [-0.3, -0.25) is 24.2 Å². The molecule has 1 atom stereocenters. The van der Waals surface area contributed by atoms with Crippen LogP contribution in [0.3, 0.4) is 0 Å². The maximum absolute atomic E-state index is 13.7. The number of urea groups is 1. The van der Waals surface area contributed by atoms with Gasteiger partial charge in [0.15, 0.2) is 6.04 Å². The van der Waals surface area contributed by atoms with Gasteiger partial charge in [-0.25, -0.2) is 4.79 Å². The van der Waals surface area contributed by atoms with Crippen molar-refractivity contribution in [3.63, 3.8) is 0 Å². The molecule has 9 heteroatoms. The highest BCUT2D eigenvalue weighted by molar-refractivity contribution is 6.24. The summed E-state index contributed by atoms with van der Waals surface area (Å²) in [6, 6.07) is 21.8. The highest BCUT2D eigenvalue weighted by Crippen LogP contribution is 2.37. The first-order valence-electron chi connectivity index (χ1n) is 10.5. The first kappa shape index (κ1) is 22.5. The number of ether oxygens (including phenoxy) is 1. The van der Waals surface area contributed by atoms with Gasteiger partial charge in [-0.15, -0.1) is 0 Å². The Hall–Kier alpha value is -4.66. The molecular weight excluding hydrogens is 436 g/mol. The Kier molecular flexibility index (Phi) is 6.54. The standard InChI is InChI=1S/C25H22N4O5/c1-34-21(30)16-28-19-14-8-9-15-20(19)29(18-12-6-3-7-13-18)24(32)22(23(28)31)27-25(33)26-17-10-4-2-5-11-17/h2-15,22H,16H2,1H3,(H2,26,27,33)/t22-/m1/s1. The van der Waals surface area contributed by atoms with E-state index in [1.807, 2.05) is 0 Å². The van der Waals surface area contributed by atoms with Crippen molar-refractivity contribution in [2.45, 2.75) is 6.04 Å². The molecule has 34 heavy (non-hydrogen) atoms. The molecule has 0 spiro atoms. The SMILES string of the molecule is COC(=O)CN1C(=O)[C@@H](NC(=O)Nc2ccccc2)C(=O)N(c2ccccc2)c2ccccc21. The fourth-order valence-corrected chi connectivity index (χ4v) is 3.65. The highest BCUT2D eigenvalue weighted by Gasteiger charge is 2.42. The predicted molar refractivity (Wildman–Crippen MR) is 127 cm³/mol. The molecule has 0 radical (unpaired) electrons. The Morgan fingerprint density at radius 1 is 0.824 bits per heavy atom. The van der Waals surface area contributed by atoms with Gasteiger partial charge in [0.2, 0.25) is 0 Å². The number of benzene rings is 3. The Balaban J connectivity index is 1.76. The third-order valence-electron chi connectivity index (χ3n) is 5.23. The maximum Gasteiger partial charge on any atom is 0.325 e. The number of nitrogens with one attached hydrogen (secondary N) is 2. The van der Waals surface area contributed by atoms with Crippen LogP contribution in [0.15, 0.2) is 84.9 Å². The number of anilines is 4. The largest absolute Gasteiger partial charge is 0.468 e. The van der Waals surface area contributed by atoms with E-state index in [9.17, 15) is 19.2 Å². The molecule has 0 fully saturated rings. The van der Waals surface area contributed by atoms with Crippen LogP contribution in [0.1, 0.15) is 0 Å². The lowest BCUT2D eigenvalue weighted by Crippen LogP contribution is -2.56. The fraction of sp³-hybridized carbons (Fsp3) is 0.120. The molecular formula is C25H22N4O5. The monoisotopic (exact) mass is 458 g/mol. The van der Waals surface area contributed by atoms with Crippen LogP contribution in [0, 0.1) is 0 Å². The number of carbonyl (C=O) groups is 4. The van der Waals surface area contributed by atoms with E-state index in [-0.39, 0.29) is 0 Å². The number of fused-ring (bicyclic) bond motifs is 1. The van der Waals surface area contributed by atoms with E-state index in [0.29, 0.717) is 22.7 Å². The van der Waals surface area contributed by atoms with E-state index in [0.717, 1.165) is 4.90 Å². The number of hydrogen-bond donors (Lipinski definition) is 2. The Morgan fingerprint density at radius 2 is 1.41 bits per heavy atom. The molecule has 0 bridgehead atoms. The molecule has 3 aromatic carbocycles. The van der Waals surface area contributed by atoms with E-state index in [1.54, 1.807) is 84.9 Å². The van der Waals surface area contributed by atoms with E-state index in [1.165, 1.54) is 12.0 Å². The summed E-state index contributed by atoms with van der Waals surface area (Å²) in [6.45, 7) is -0.430. The highest BCUT2D eigenvalue weighted by atomic mass is 16.5. The first-order valence-corrected chi connectivity index (χ1v) is 10.5. The van der Waals surface area contributed by atoms with Gasteiger partial charge < -0.3 is 15.4 Å². The van der Waals surface area contributed by atoms with E-state index >= 15 is 0 Å². The number of hydrogen-bond acceptors (Lipinski definition) is 5. The molecule has 1 aliphatic heterocycles. The second kappa shape index (κ2) is 9.86. The molecule has 0 aliphatic carbocycles. The summed E-state index contributed by atoms with van der Waals surface area (Å²) in [5.74, 6) is -2.10. The van der Waals surface area contributed by atoms with Crippen molar-refractivity contribution in [2.75, 3.05) is 28.8 Å². The first-order chi connectivity index (χ1) is 16.5. The van der Waals surface area contributed by atoms with Gasteiger partial charge in [0.1, 0.15) is 6.54 Å². The third-order valence-corrected chi connectivity index (χ3v) is 5.23. The quantitative estimate of drug-likeness (QED) is 0.451. The topological polar surface area (TPSA) is 108 Å². The zero-order valence-electron chi connectivity index (χ0n) is 18.3. The average molecular weight is 458 g/mol. The van der Waals surface area contributed by atoms with Crippen LogP contribution < -0.4 is 20.4 Å². The molecule has 1 aliphatic rings. The van der Waals surface area contributed by atoms with Gasteiger partial charge >= 0.3 is 12.0 Å². The summed E-state index contributed by atoms with van der Waals surface area (Å²) in [7, 11) is 1.21. The van der Waals surface area contributed by atoms with Crippen molar-refractivity contribution < 1.29 is 23.9 Å². The summed E-state index contributed by atoms with van der Waals surface area (Å²) in [5, 5.41) is 5.09. The van der Waals surface area contributed by atoms with Crippen molar-refractivity contribution in [2.24, 2.45) is 0 Å². The van der Waals surface area contributed by atoms with Gasteiger partial charge in [-0.2, -0.15) is 0 Å². The van der Waals surface area contributed by atoms with E-state index in [4.69, 9.17) is 4.74 Å². The summed E-state index contributed by atoms with van der Waals surface area (Å²) in [4.78, 5) is 54.7. The molecule has 0 saturated heterocycles. The van der Waals surface area contributed by atoms with Gasteiger partial charge in [-0.1, -0.05) is 48.5 Å². The van der Waals surface area contributed by atoms with Gasteiger partial charge in [-0.05, 0) is 36.4 Å². The number of methoxy groups -OCH3 is 1. The number of carbonyl (C=O) groups excluding carboxylic acids is 4. The third kappa shape index (κ3) is 4.58. The van der Waals surface area contributed by atoms with Crippen molar-refractivity contribution >= 4 is 46.6 Å². The molecule has 0 unspecified atom stereocenters. The number of para-hydroxylation sites is 4. The molecule has 1 heterocycles. The van der Waals surface area contributed by atoms with Crippen LogP contribution in [0.5, 0.6) is 0 Å². The Bertz CT molecular complexity index is 1220. The molecule has 172 valence electrons. The van der Waals surface area contributed by atoms with Crippen molar-refractivity contribution in [1.29, 1.82) is 0 Å². The molecule has 0 aromatic heterocycles. The minimum Gasteiger partial charge on any atom is -0.468 e. The summed E-state index contributed by atoms with van der Waals surface area (Å²) in [5.41, 5.74) is 1.72. The van der Waals surface area contributed by atoms with Gasteiger partial charge in [0.25, 0.3) is 11.8 Å². The Labute approximate surface area is 195 Å². The van der Waals surface area contributed by atoms with Crippen LogP contribution in [0.4, 0.5) is 27.5 Å². The maximum atomic E-state index is 13.7. The minimum absolute atomic E-state index is 0.336. The normalized spacial score (nSPS) is 15.3. The van der Waals surface area contributed by atoms with Crippen molar-refractivity contribution in [3.8, 4) is 0 Å². The van der Waals surface area contributed by atoms with E-state index in [2.05, 4.69) is 10.6 Å². The van der Waals surface area contributed by atoms with Crippen LogP contribution >= 0.6 is 0 Å².